The topological polar surface area (TPSA) is 107 Å². The molecule has 1 aromatic carbocycles. The molecule has 7 heteroatoms. The van der Waals surface area contributed by atoms with E-state index >= 15 is 0 Å². The summed E-state index contributed by atoms with van der Waals surface area (Å²) in [6.07, 6.45) is 1.18. The third kappa shape index (κ3) is 2.32. The Labute approximate surface area is 110 Å². The van der Waals surface area contributed by atoms with Crippen LogP contribution in [0.3, 0.4) is 0 Å². The van der Waals surface area contributed by atoms with Gasteiger partial charge in [0.05, 0.1) is 10.5 Å². The van der Waals surface area contributed by atoms with Crippen molar-refractivity contribution < 1.29 is 18.3 Å². The average molecular weight is 280 g/mol. The van der Waals surface area contributed by atoms with E-state index in [1.807, 2.05) is 0 Å². The quantitative estimate of drug-likeness (QED) is 0.850. The Balaban J connectivity index is 2.39. The molecule has 2 rings (SSSR count). The van der Waals surface area contributed by atoms with Gasteiger partial charge in [-0.2, -0.15) is 9.98 Å². The molecule has 0 saturated heterocycles. The van der Waals surface area contributed by atoms with Gasteiger partial charge in [0.15, 0.2) is 0 Å². The number of nitriles is 1. The second-order valence-electron chi connectivity index (χ2n) is 4.45. The molecule has 0 spiro atoms. The summed E-state index contributed by atoms with van der Waals surface area (Å²) in [6.45, 7) is 0. The second-order valence-corrected chi connectivity index (χ2v) is 6.11. The molecule has 1 aliphatic carbocycles. The van der Waals surface area contributed by atoms with E-state index in [1.54, 1.807) is 12.1 Å². The molecule has 19 heavy (non-hydrogen) atoms. The predicted molar refractivity (Wildman–Crippen MR) is 65.7 cm³/mol. The molecule has 2 N–H and O–H groups in total. The Morgan fingerprint density at radius 3 is 2.47 bits per heavy atom. The Hall–Kier alpha value is -1.91. The van der Waals surface area contributed by atoms with Crippen molar-refractivity contribution in [3.05, 3.63) is 29.8 Å². The molecule has 0 heterocycles. The van der Waals surface area contributed by atoms with Crippen molar-refractivity contribution >= 4 is 16.0 Å². The first-order valence-corrected chi connectivity index (χ1v) is 7.16. The van der Waals surface area contributed by atoms with Crippen LogP contribution in [0.25, 0.3) is 0 Å². The molecule has 1 fully saturated rings. The van der Waals surface area contributed by atoms with Gasteiger partial charge in [-0.3, -0.25) is 4.79 Å². The van der Waals surface area contributed by atoms with E-state index in [2.05, 4.69) is 4.72 Å². The standard InChI is InChI=1S/C12H12N2O4S/c13-8-9-4-1-2-5-10(9)19(17,18)14-12(11(15)16)6-3-7-12/h1-2,4-5,14H,3,6-7H2,(H,15,16). The number of hydrogen-bond donors (Lipinski definition) is 2. The van der Waals surface area contributed by atoms with Crippen molar-refractivity contribution in [1.82, 2.24) is 4.72 Å². The van der Waals surface area contributed by atoms with Gasteiger partial charge >= 0.3 is 5.97 Å². The second kappa shape index (κ2) is 4.64. The first-order chi connectivity index (χ1) is 8.91. The summed E-state index contributed by atoms with van der Waals surface area (Å²) in [4.78, 5) is 11.0. The summed E-state index contributed by atoms with van der Waals surface area (Å²) in [5.74, 6) is -1.18. The van der Waals surface area contributed by atoms with Gasteiger partial charge in [-0.25, -0.2) is 8.42 Å². The summed E-state index contributed by atoms with van der Waals surface area (Å²) in [6, 6.07) is 7.49. The number of nitrogens with one attached hydrogen (secondary N) is 1. The molecule has 1 aromatic rings. The summed E-state index contributed by atoms with van der Waals surface area (Å²) < 4.78 is 26.6. The highest BCUT2D eigenvalue weighted by Crippen LogP contribution is 2.34. The maximum atomic E-state index is 12.2. The van der Waals surface area contributed by atoms with Crippen molar-refractivity contribution in [3.63, 3.8) is 0 Å². The van der Waals surface area contributed by atoms with Crippen molar-refractivity contribution in [2.45, 2.75) is 29.7 Å². The van der Waals surface area contributed by atoms with Crippen LogP contribution in [-0.4, -0.2) is 25.0 Å². The maximum Gasteiger partial charge on any atom is 0.324 e. The SMILES string of the molecule is N#Cc1ccccc1S(=O)(=O)NC1(C(=O)O)CCC1. The lowest BCUT2D eigenvalue weighted by Gasteiger charge is -2.37. The summed E-state index contributed by atoms with van der Waals surface area (Å²) in [5.41, 5.74) is -1.43. The molecule has 1 aliphatic rings. The fourth-order valence-corrected chi connectivity index (χ4v) is 3.57. The fourth-order valence-electron chi connectivity index (χ4n) is 2.00. The van der Waals surface area contributed by atoms with E-state index in [9.17, 15) is 13.2 Å². The lowest BCUT2D eigenvalue weighted by molar-refractivity contribution is -0.147. The van der Waals surface area contributed by atoms with Gasteiger partial charge in [0, 0.05) is 0 Å². The highest BCUT2D eigenvalue weighted by molar-refractivity contribution is 7.89. The Bertz CT molecular complexity index is 657. The molecule has 0 bridgehead atoms. The molecular weight excluding hydrogens is 268 g/mol. The van der Waals surface area contributed by atoms with Gasteiger partial charge in [0.1, 0.15) is 11.6 Å². The Morgan fingerprint density at radius 1 is 1.37 bits per heavy atom. The molecule has 0 aliphatic heterocycles. The third-order valence-electron chi connectivity index (χ3n) is 3.24. The van der Waals surface area contributed by atoms with Gasteiger partial charge in [-0.15, -0.1) is 0 Å². The van der Waals surface area contributed by atoms with Gasteiger partial charge in [-0.05, 0) is 31.4 Å². The van der Waals surface area contributed by atoms with Crippen molar-refractivity contribution in [1.29, 1.82) is 5.26 Å². The molecule has 6 nitrogen and oxygen atoms in total. The molecule has 1 saturated carbocycles. The number of carbonyl (C=O) groups is 1. The van der Waals surface area contributed by atoms with E-state index in [4.69, 9.17) is 10.4 Å². The zero-order chi connectivity index (χ0) is 14.1. The van der Waals surface area contributed by atoms with Crippen LogP contribution >= 0.6 is 0 Å². The number of carboxylic acid groups (broad SMARTS) is 1. The van der Waals surface area contributed by atoms with Crippen LogP contribution in [0.15, 0.2) is 29.2 Å². The minimum atomic E-state index is -4.02. The summed E-state index contributed by atoms with van der Waals surface area (Å²) in [7, 11) is -4.02. The molecule has 0 atom stereocenters. The largest absolute Gasteiger partial charge is 0.480 e. The number of carboxylic acids is 1. The molecular formula is C12H12N2O4S. The van der Waals surface area contributed by atoms with E-state index in [-0.39, 0.29) is 23.3 Å². The smallest absolute Gasteiger partial charge is 0.324 e. The van der Waals surface area contributed by atoms with Crippen LogP contribution in [0.4, 0.5) is 0 Å². The zero-order valence-corrected chi connectivity index (χ0v) is 10.8. The minimum absolute atomic E-state index is 0.00476. The van der Waals surface area contributed by atoms with Crippen LogP contribution in [-0.2, 0) is 14.8 Å². The van der Waals surface area contributed by atoms with Crippen LogP contribution in [0, 0.1) is 11.3 Å². The maximum absolute atomic E-state index is 12.2. The molecule has 0 aromatic heterocycles. The summed E-state index contributed by atoms with van der Waals surface area (Å²) in [5, 5.41) is 18.0. The number of sulfonamides is 1. The van der Waals surface area contributed by atoms with Gasteiger partial charge in [-0.1, -0.05) is 12.1 Å². The first kappa shape index (κ1) is 13.5. The van der Waals surface area contributed by atoms with Gasteiger partial charge < -0.3 is 5.11 Å². The fraction of sp³-hybridized carbons (Fsp3) is 0.333. The van der Waals surface area contributed by atoms with Gasteiger partial charge in [0.25, 0.3) is 0 Å². The lowest BCUT2D eigenvalue weighted by Crippen LogP contribution is -2.58. The minimum Gasteiger partial charge on any atom is -0.480 e. The Morgan fingerprint density at radius 2 is 2.00 bits per heavy atom. The van der Waals surface area contributed by atoms with Crippen LogP contribution < -0.4 is 4.72 Å². The normalized spacial score (nSPS) is 17.2. The van der Waals surface area contributed by atoms with Gasteiger partial charge in [0.2, 0.25) is 10.0 Å². The number of rotatable bonds is 4. The molecule has 100 valence electrons. The molecule has 0 amide bonds. The lowest BCUT2D eigenvalue weighted by atomic mass is 9.78. The van der Waals surface area contributed by atoms with E-state index in [0.717, 1.165) is 0 Å². The van der Waals surface area contributed by atoms with E-state index in [1.165, 1.54) is 18.2 Å². The van der Waals surface area contributed by atoms with E-state index in [0.29, 0.717) is 6.42 Å². The van der Waals surface area contributed by atoms with E-state index < -0.39 is 21.5 Å². The summed E-state index contributed by atoms with van der Waals surface area (Å²) >= 11 is 0. The van der Waals surface area contributed by atoms with Crippen molar-refractivity contribution in [2.24, 2.45) is 0 Å². The van der Waals surface area contributed by atoms with Crippen molar-refractivity contribution in [2.75, 3.05) is 0 Å². The average Bonchev–Trinajstić information content (AvgIpc) is 2.33. The highest BCUT2D eigenvalue weighted by Gasteiger charge is 2.47. The number of nitrogens with zero attached hydrogens (tertiary/aromatic N) is 1. The molecule has 0 radical (unpaired) electrons. The third-order valence-corrected chi connectivity index (χ3v) is 4.84. The van der Waals surface area contributed by atoms with Crippen LogP contribution in [0.1, 0.15) is 24.8 Å². The number of aliphatic carboxylic acids is 1. The zero-order valence-electron chi connectivity index (χ0n) is 9.96. The van der Waals surface area contributed by atoms with Crippen LogP contribution in [0.2, 0.25) is 0 Å². The first-order valence-electron chi connectivity index (χ1n) is 5.68. The van der Waals surface area contributed by atoms with Crippen molar-refractivity contribution in [3.8, 4) is 6.07 Å². The monoisotopic (exact) mass is 280 g/mol. The number of benzene rings is 1. The van der Waals surface area contributed by atoms with Crippen LogP contribution in [0.5, 0.6) is 0 Å². The Kier molecular flexibility index (Phi) is 3.30. The highest BCUT2D eigenvalue weighted by atomic mass is 32.2. The molecule has 0 unspecified atom stereocenters. The predicted octanol–water partition coefficient (Wildman–Crippen LogP) is 0.844. The number of hydrogen-bond acceptors (Lipinski definition) is 4.